The van der Waals surface area contributed by atoms with Gasteiger partial charge >= 0.3 is 0 Å². The smallest absolute Gasteiger partial charge is 0.0205 e. The second-order valence-electron chi connectivity index (χ2n) is 4.85. The van der Waals surface area contributed by atoms with Crippen LogP contribution in [0.2, 0.25) is 0 Å². The summed E-state index contributed by atoms with van der Waals surface area (Å²) in [5.41, 5.74) is 4.06. The molecule has 0 heterocycles. The van der Waals surface area contributed by atoms with Gasteiger partial charge in [-0.1, -0.05) is 58.4 Å². The van der Waals surface area contributed by atoms with Crippen molar-refractivity contribution in [3.05, 3.63) is 69.7 Å². The van der Waals surface area contributed by atoms with Crippen molar-refractivity contribution in [1.82, 2.24) is 5.32 Å². The molecule has 1 nitrogen and oxygen atoms in total. The topological polar surface area (TPSA) is 12.0 Å². The summed E-state index contributed by atoms with van der Waals surface area (Å²) in [5.74, 6) is 0. The average molecular weight is 318 g/mol. The molecule has 0 unspecified atom stereocenters. The first kappa shape index (κ1) is 14.3. The van der Waals surface area contributed by atoms with Gasteiger partial charge < -0.3 is 5.32 Å². The van der Waals surface area contributed by atoms with Gasteiger partial charge in [-0.2, -0.15) is 0 Å². The predicted molar refractivity (Wildman–Crippen MR) is 85.3 cm³/mol. The van der Waals surface area contributed by atoms with Crippen LogP contribution < -0.4 is 5.32 Å². The first-order valence-corrected chi connectivity index (χ1v) is 7.54. The summed E-state index contributed by atoms with van der Waals surface area (Å²) in [6, 6.07) is 17.2. The van der Waals surface area contributed by atoms with E-state index in [-0.39, 0.29) is 0 Å². The Morgan fingerprint density at radius 3 is 2.53 bits per heavy atom. The molecular weight excluding hydrogens is 298 g/mol. The van der Waals surface area contributed by atoms with Crippen molar-refractivity contribution in [2.24, 2.45) is 0 Å². The summed E-state index contributed by atoms with van der Waals surface area (Å²) >= 11 is 3.53. The minimum Gasteiger partial charge on any atom is -0.313 e. The Hall–Kier alpha value is -1.12. The third kappa shape index (κ3) is 4.81. The van der Waals surface area contributed by atoms with Crippen molar-refractivity contribution >= 4 is 15.9 Å². The van der Waals surface area contributed by atoms with Crippen LogP contribution in [0.15, 0.2) is 53.0 Å². The number of nitrogens with one attached hydrogen (secondary N) is 1. The van der Waals surface area contributed by atoms with Crippen LogP contribution in [0.3, 0.4) is 0 Å². The maximum Gasteiger partial charge on any atom is 0.0205 e. The Kier molecular flexibility index (Phi) is 5.62. The van der Waals surface area contributed by atoms with Crippen LogP contribution in [0.4, 0.5) is 0 Å². The maximum atomic E-state index is 3.53. The van der Waals surface area contributed by atoms with Crippen molar-refractivity contribution in [3.63, 3.8) is 0 Å². The molecule has 2 heteroatoms. The van der Waals surface area contributed by atoms with Gasteiger partial charge in [0.15, 0.2) is 0 Å². The zero-order valence-electron chi connectivity index (χ0n) is 11.3. The lowest BCUT2D eigenvalue weighted by Crippen LogP contribution is -2.15. The number of benzene rings is 2. The molecule has 19 heavy (non-hydrogen) atoms. The largest absolute Gasteiger partial charge is 0.313 e. The molecule has 0 amide bonds. The number of hydrogen-bond donors (Lipinski definition) is 1. The van der Waals surface area contributed by atoms with E-state index >= 15 is 0 Å². The third-order valence-electron chi connectivity index (χ3n) is 3.21. The Labute approximate surface area is 124 Å². The van der Waals surface area contributed by atoms with Crippen LogP contribution in [0.25, 0.3) is 0 Å². The fourth-order valence-corrected chi connectivity index (χ4v) is 2.36. The molecule has 0 aliphatic carbocycles. The zero-order chi connectivity index (χ0) is 13.5. The minimum absolute atomic E-state index is 0.947. The molecule has 1 N–H and O–H groups in total. The summed E-state index contributed by atoms with van der Waals surface area (Å²) in [4.78, 5) is 0. The van der Waals surface area contributed by atoms with Gasteiger partial charge in [0.05, 0.1) is 0 Å². The van der Waals surface area contributed by atoms with Gasteiger partial charge in [0.25, 0.3) is 0 Å². The van der Waals surface area contributed by atoms with Crippen molar-refractivity contribution in [3.8, 4) is 0 Å². The molecular formula is C17H20BrN. The van der Waals surface area contributed by atoms with Gasteiger partial charge in [0.2, 0.25) is 0 Å². The van der Waals surface area contributed by atoms with E-state index in [9.17, 15) is 0 Å². The Morgan fingerprint density at radius 2 is 1.79 bits per heavy atom. The second-order valence-corrected chi connectivity index (χ2v) is 5.70. The average Bonchev–Trinajstić information content (AvgIpc) is 2.43. The molecule has 0 saturated heterocycles. The highest BCUT2D eigenvalue weighted by molar-refractivity contribution is 9.10. The summed E-state index contributed by atoms with van der Waals surface area (Å²) in [7, 11) is 0. The lowest BCUT2D eigenvalue weighted by Gasteiger charge is -2.07. The first-order chi connectivity index (χ1) is 9.25. The highest BCUT2D eigenvalue weighted by Crippen LogP contribution is 2.16. The van der Waals surface area contributed by atoms with Gasteiger partial charge in [0.1, 0.15) is 0 Å². The van der Waals surface area contributed by atoms with E-state index in [1.54, 1.807) is 0 Å². The SMILES string of the molecule is Cc1cc(CNCCCc2ccccc2)ccc1Br. The molecule has 0 aromatic heterocycles. The fourth-order valence-electron chi connectivity index (χ4n) is 2.11. The van der Waals surface area contributed by atoms with Gasteiger partial charge in [-0.05, 0) is 49.1 Å². The van der Waals surface area contributed by atoms with E-state index in [1.807, 2.05) is 0 Å². The van der Waals surface area contributed by atoms with Crippen LogP contribution in [0, 0.1) is 6.92 Å². The normalized spacial score (nSPS) is 10.6. The number of hydrogen-bond acceptors (Lipinski definition) is 1. The number of aryl methyl sites for hydroxylation is 2. The van der Waals surface area contributed by atoms with Crippen LogP contribution >= 0.6 is 15.9 Å². The molecule has 0 bridgehead atoms. The summed E-state index contributed by atoms with van der Waals surface area (Å²) in [6.07, 6.45) is 2.33. The minimum atomic E-state index is 0.947. The lowest BCUT2D eigenvalue weighted by atomic mass is 10.1. The number of rotatable bonds is 6. The molecule has 2 aromatic rings. The molecule has 2 rings (SSSR count). The van der Waals surface area contributed by atoms with E-state index in [0.717, 1.165) is 19.5 Å². The van der Waals surface area contributed by atoms with E-state index < -0.39 is 0 Å². The Bertz CT molecular complexity index is 508. The van der Waals surface area contributed by atoms with Crippen LogP contribution in [0.5, 0.6) is 0 Å². The summed E-state index contributed by atoms with van der Waals surface area (Å²) in [6.45, 7) is 4.13. The molecule has 0 atom stereocenters. The lowest BCUT2D eigenvalue weighted by molar-refractivity contribution is 0.649. The summed E-state index contributed by atoms with van der Waals surface area (Å²) < 4.78 is 1.18. The quantitative estimate of drug-likeness (QED) is 0.774. The van der Waals surface area contributed by atoms with Crippen LogP contribution in [-0.2, 0) is 13.0 Å². The highest BCUT2D eigenvalue weighted by Gasteiger charge is 1.97. The molecule has 0 fully saturated rings. The van der Waals surface area contributed by atoms with E-state index in [4.69, 9.17) is 0 Å². The van der Waals surface area contributed by atoms with Crippen LogP contribution in [0.1, 0.15) is 23.1 Å². The predicted octanol–water partition coefficient (Wildman–Crippen LogP) is 4.48. The van der Waals surface area contributed by atoms with Crippen molar-refractivity contribution in [2.75, 3.05) is 6.54 Å². The zero-order valence-corrected chi connectivity index (χ0v) is 12.9. The second kappa shape index (κ2) is 7.46. The maximum absolute atomic E-state index is 3.53. The van der Waals surface area contributed by atoms with Gasteiger partial charge in [-0.3, -0.25) is 0 Å². The Morgan fingerprint density at radius 1 is 1.00 bits per heavy atom. The highest BCUT2D eigenvalue weighted by atomic mass is 79.9. The summed E-state index contributed by atoms with van der Waals surface area (Å²) in [5, 5.41) is 3.50. The molecule has 100 valence electrons. The fraction of sp³-hybridized carbons (Fsp3) is 0.294. The molecule has 0 aliphatic heterocycles. The van der Waals surface area contributed by atoms with E-state index in [0.29, 0.717) is 0 Å². The van der Waals surface area contributed by atoms with E-state index in [1.165, 1.54) is 27.6 Å². The molecule has 0 radical (unpaired) electrons. The molecule has 0 saturated carbocycles. The Balaban J connectivity index is 1.68. The molecule has 0 aliphatic rings. The first-order valence-electron chi connectivity index (χ1n) is 6.75. The van der Waals surface area contributed by atoms with Crippen molar-refractivity contribution < 1.29 is 0 Å². The van der Waals surface area contributed by atoms with E-state index in [2.05, 4.69) is 76.7 Å². The van der Waals surface area contributed by atoms with Crippen molar-refractivity contribution in [1.29, 1.82) is 0 Å². The van der Waals surface area contributed by atoms with Crippen LogP contribution in [-0.4, -0.2) is 6.54 Å². The third-order valence-corrected chi connectivity index (χ3v) is 4.10. The van der Waals surface area contributed by atoms with Gasteiger partial charge in [0, 0.05) is 11.0 Å². The monoisotopic (exact) mass is 317 g/mol. The molecule has 0 spiro atoms. The standard InChI is InChI=1S/C17H20BrN/c1-14-12-16(9-10-17(14)18)13-19-11-5-8-15-6-3-2-4-7-15/h2-4,6-7,9-10,12,19H,5,8,11,13H2,1H3. The van der Waals surface area contributed by atoms with Crippen molar-refractivity contribution in [2.45, 2.75) is 26.3 Å². The molecule has 2 aromatic carbocycles. The van der Waals surface area contributed by atoms with Gasteiger partial charge in [-0.25, -0.2) is 0 Å². The number of halogens is 1. The van der Waals surface area contributed by atoms with Gasteiger partial charge in [-0.15, -0.1) is 0 Å².